The Bertz CT molecular complexity index is 1400. The average molecular weight is 622 g/mol. The van der Waals surface area contributed by atoms with Crippen LogP contribution in [0.3, 0.4) is 0 Å². The fraction of sp³-hybridized carbons (Fsp3) is 0.286. The molecule has 43 heavy (non-hydrogen) atoms. The van der Waals surface area contributed by atoms with Crippen molar-refractivity contribution in [3.63, 3.8) is 0 Å². The Kier molecular flexibility index (Phi) is 10.2. The van der Waals surface area contributed by atoms with Crippen molar-refractivity contribution in [1.82, 2.24) is 10.6 Å². The molecular weight excluding hydrogens is 599 g/mol. The van der Waals surface area contributed by atoms with Gasteiger partial charge in [0.1, 0.15) is 17.4 Å². The molecule has 15 heteroatoms. The quantitative estimate of drug-likeness (QED) is 0.190. The summed E-state index contributed by atoms with van der Waals surface area (Å²) >= 11 is 0. The fourth-order valence-corrected chi connectivity index (χ4v) is 4.13. The molecular formula is C28H23F9N2O4. The lowest BCUT2D eigenvalue weighted by molar-refractivity contribution is -0.253. The predicted molar refractivity (Wildman–Crippen MR) is 133 cm³/mol. The summed E-state index contributed by atoms with van der Waals surface area (Å²) in [7, 11) is 0. The molecule has 0 saturated carbocycles. The summed E-state index contributed by atoms with van der Waals surface area (Å²) in [5.41, 5.74) is -2.44. The lowest BCUT2D eigenvalue weighted by Crippen LogP contribution is -2.58. The van der Waals surface area contributed by atoms with Crippen LogP contribution < -0.4 is 15.4 Å². The first-order valence-electron chi connectivity index (χ1n) is 12.4. The van der Waals surface area contributed by atoms with Crippen LogP contribution in [0.15, 0.2) is 72.8 Å². The number of hydrogen-bond donors (Lipinski definition) is 2. The number of urea groups is 1. The number of hydrogen-bond acceptors (Lipinski definition) is 4. The standard InChI is InChI=1S/C28H23F9N2O4/c1-2-42-23(40)22(27(33,34)35)38-25(41)39-26(15-16-6-4-3-5-7-16,17-8-10-19(29)11-9-17)18-12-20(30)14-21(13-18)43-28(36,37)24(31)32/h3-14,22,24H,2,15H2,1H3,(H2,38,39,41). The first kappa shape index (κ1) is 33.1. The van der Waals surface area contributed by atoms with E-state index in [0.717, 1.165) is 24.3 Å². The van der Waals surface area contributed by atoms with Crippen LogP contribution in [0.25, 0.3) is 0 Å². The molecule has 2 unspecified atom stereocenters. The Hall–Kier alpha value is -4.43. The van der Waals surface area contributed by atoms with Gasteiger partial charge in [-0.15, -0.1) is 0 Å². The Morgan fingerprint density at radius 2 is 1.47 bits per heavy atom. The summed E-state index contributed by atoms with van der Waals surface area (Å²) < 4.78 is 131. The van der Waals surface area contributed by atoms with E-state index in [2.05, 4.69) is 14.8 Å². The van der Waals surface area contributed by atoms with Crippen molar-refractivity contribution in [3.8, 4) is 5.75 Å². The van der Waals surface area contributed by atoms with Crippen LogP contribution in [0.2, 0.25) is 0 Å². The van der Waals surface area contributed by atoms with Crippen LogP contribution in [0, 0.1) is 11.6 Å². The zero-order valence-corrected chi connectivity index (χ0v) is 22.0. The van der Waals surface area contributed by atoms with Gasteiger partial charge in [-0.2, -0.15) is 30.7 Å². The van der Waals surface area contributed by atoms with Crippen LogP contribution in [-0.4, -0.2) is 43.4 Å². The number of esters is 1. The summed E-state index contributed by atoms with van der Waals surface area (Å²) in [6.07, 6.45) is -15.2. The van der Waals surface area contributed by atoms with Crippen molar-refractivity contribution in [2.24, 2.45) is 0 Å². The molecule has 0 fully saturated rings. The number of halogens is 9. The zero-order chi connectivity index (χ0) is 32.0. The first-order valence-corrected chi connectivity index (χ1v) is 12.4. The highest BCUT2D eigenvalue weighted by atomic mass is 19.4. The van der Waals surface area contributed by atoms with Crippen molar-refractivity contribution < 1.29 is 58.6 Å². The second-order valence-electron chi connectivity index (χ2n) is 9.04. The highest BCUT2D eigenvalue weighted by Gasteiger charge is 2.49. The number of carbonyl (C=O) groups excluding carboxylic acids is 2. The molecule has 2 amide bonds. The summed E-state index contributed by atoms with van der Waals surface area (Å²) in [4.78, 5) is 25.2. The molecule has 3 rings (SSSR count). The minimum absolute atomic E-state index is 0.107. The number of amides is 2. The van der Waals surface area contributed by atoms with Crippen LogP contribution in [0.1, 0.15) is 23.6 Å². The molecule has 0 aliphatic heterocycles. The van der Waals surface area contributed by atoms with Crippen LogP contribution in [0.5, 0.6) is 5.75 Å². The van der Waals surface area contributed by atoms with Gasteiger partial charge in [0.15, 0.2) is 0 Å². The summed E-state index contributed by atoms with van der Waals surface area (Å²) in [5.74, 6) is -5.09. The van der Waals surface area contributed by atoms with Crippen molar-refractivity contribution in [2.45, 2.75) is 43.6 Å². The number of rotatable bonds is 11. The predicted octanol–water partition coefficient (Wildman–Crippen LogP) is 6.48. The largest absolute Gasteiger partial charge is 0.464 e. The van der Waals surface area contributed by atoms with E-state index in [1.807, 2.05) is 0 Å². The van der Waals surface area contributed by atoms with E-state index >= 15 is 0 Å². The van der Waals surface area contributed by atoms with Crippen molar-refractivity contribution in [1.29, 1.82) is 0 Å². The van der Waals surface area contributed by atoms with E-state index in [9.17, 15) is 49.1 Å². The highest BCUT2D eigenvalue weighted by Crippen LogP contribution is 2.38. The second kappa shape index (κ2) is 13.3. The third kappa shape index (κ3) is 8.32. The maximum absolute atomic E-state index is 14.8. The van der Waals surface area contributed by atoms with Crippen molar-refractivity contribution >= 4 is 12.0 Å². The topological polar surface area (TPSA) is 76.7 Å². The zero-order valence-electron chi connectivity index (χ0n) is 22.0. The van der Waals surface area contributed by atoms with Gasteiger partial charge in [-0.25, -0.2) is 18.4 Å². The molecule has 232 valence electrons. The minimum Gasteiger partial charge on any atom is -0.464 e. The Labute approximate surface area is 238 Å². The molecule has 0 heterocycles. The molecule has 3 aromatic rings. The molecule has 2 atom stereocenters. The molecule has 0 aromatic heterocycles. The monoisotopic (exact) mass is 622 g/mol. The van der Waals surface area contributed by atoms with Crippen LogP contribution in [0.4, 0.5) is 44.3 Å². The van der Waals surface area contributed by atoms with Crippen molar-refractivity contribution in [3.05, 3.63) is 101 Å². The molecule has 3 aromatic carbocycles. The Balaban J connectivity index is 2.24. The van der Waals surface area contributed by atoms with E-state index < -0.39 is 78.3 Å². The highest BCUT2D eigenvalue weighted by molar-refractivity contribution is 5.85. The minimum atomic E-state index is -5.33. The molecule has 0 aliphatic carbocycles. The lowest BCUT2D eigenvalue weighted by atomic mass is 9.77. The van der Waals surface area contributed by atoms with Gasteiger partial charge in [-0.1, -0.05) is 42.5 Å². The van der Waals surface area contributed by atoms with Gasteiger partial charge in [-0.3, -0.25) is 0 Å². The Morgan fingerprint density at radius 1 is 0.837 bits per heavy atom. The number of ether oxygens (including phenoxy) is 2. The molecule has 0 spiro atoms. The molecule has 2 N–H and O–H groups in total. The Morgan fingerprint density at radius 3 is 2.02 bits per heavy atom. The van der Waals surface area contributed by atoms with Gasteiger partial charge in [0, 0.05) is 12.5 Å². The number of benzene rings is 3. The molecule has 0 bridgehead atoms. The second-order valence-corrected chi connectivity index (χ2v) is 9.04. The smallest absolute Gasteiger partial charge is 0.461 e. The average Bonchev–Trinajstić information content (AvgIpc) is 2.91. The van der Waals surface area contributed by atoms with E-state index in [1.54, 1.807) is 6.07 Å². The van der Waals surface area contributed by atoms with Gasteiger partial charge in [-0.05, 0) is 47.9 Å². The van der Waals surface area contributed by atoms with Gasteiger partial charge in [0.2, 0.25) is 6.04 Å². The fourth-order valence-electron chi connectivity index (χ4n) is 4.13. The third-order valence-electron chi connectivity index (χ3n) is 5.97. The molecule has 0 radical (unpaired) electrons. The summed E-state index contributed by atoms with van der Waals surface area (Å²) in [6, 6.07) is 8.47. The molecule has 0 aliphatic rings. The number of alkyl halides is 7. The van der Waals surface area contributed by atoms with E-state index in [-0.39, 0.29) is 5.56 Å². The van der Waals surface area contributed by atoms with Gasteiger partial charge in [0.05, 0.1) is 12.1 Å². The van der Waals surface area contributed by atoms with Crippen LogP contribution in [-0.2, 0) is 21.5 Å². The van der Waals surface area contributed by atoms with Crippen LogP contribution >= 0.6 is 0 Å². The van der Waals surface area contributed by atoms with Crippen molar-refractivity contribution in [2.75, 3.05) is 6.61 Å². The summed E-state index contributed by atoms with van der Waals surface area (Å²) in [6.45, 7) is 0.767. The van der Waals surface area contributed by atoms with E-state index in [4.69, 9.17) is 0 Å². The maximum Gasteiger partial charge on any atom is 0.461 e. The SMILES string of the molecule is CCOC(=O)C(NC(=O)NC(Cc1ccccc1)(c1ccc(F)cc1)c1cc(F)cc(OC(F)(F)C(F)F)c1)C(F)(F)F. The van der Waals surface area contributed by atoms with Gasteiger partial charge < -0.3 is 20.1 Å². The number of carbonyl (C=O) groups is 2. The van der Waals surface area contributed by atoms with Gasteiger partial charge in [0.25, 0.3) is 0 Å². The van der Waals surface area contributed by atoms with Gasteiger partial charge >= 0.3 is 30.7 Å². The molecule has 6 nitrogen and oxygen atoms in total. The molecule has 0 saturated heterocycles. The normalized spacial score (nSPS) is 14.0. The van der Waals surface area contributed by atoms with E-state index in [1.165, 1.54) is 36.5 Å². The third-order valence-corrected chi connectivity index (χ3v) is 5.97. The first-order chi connectivity index (χ1) is 20.1. The lowest BCUT2D eigenvalue weighted by Gasteiger charge is -2.37. The summed E-state index contributed by atoms with van der Waals surface area (Å²) in [5, 5.41) is 3.68. The number of nitrogens with one attached hydrogen (secondary N) is 2. The maximum atomic E-state index is 14.8. The van der Waals surface area contributed by atoms with E-state index in [0.29, 0.717) is 23.8 Å².